The number of aliphatic carboxylic acids is 1. The van der Waals surface area contributed by atoms with Gasteiger partial charge in [0.2, 0.25) is 17.7 Å². The highest BCUT2D eigenvalue weighted by atomic mass is 16.6. The molecule has 2 fully saturated rings. The highest BCUT2D eigenvalue weighted by molar-refractivity contribution is 5.96. The Kier molecular flexibility index (Phi) is 9.43. The second-order valence-electron chi connectivity index (χ2n) is 13.0. The number of rotatable bonds is 5. The molecule has 0 radical (unpaired) electrons. The largest absolute Gasteiger partial charge is 0.497 e. The van der Waals surface area contributed by atoms with Gasteiger partial charge in [-0.1, -0.05) is 12.2 Å². The number of carboxylic acid groups (broad SMARTS) is 1. The minimum Gasteiger partial charge on any atom is -0.497 e. The van der Waals surface area contributed by atoms with E-state index < -0.39 is 59.3 Å². The van der Waals surface area contributed by atoms with Gasteiger partial charge in [0, 0.05) is 30.5 Å². The van der Waals surface area contributed by atoms with E-state index in [1.807, 2.05) is 30.4 Å². The molecule has 13 nitrogen and oxygen atoms in total. The average molecular weight is 639 g/mol. The molecule has 3 heterocycles. The monoisotopic (exact) mass is 638 g/mol. The highest BCUT2D eigenvalue weighted by Gasteiger charge is 2.61. The summed E-state index contributed by atoms with van der Waals surface area (Å²) in [4.78, 5) is 59.2. The van der Waals surface area contributed by atoms with E-state index in [9.17, 15) is 24.3 Å². The second-order valence-corrected chi connectivity index (χ2v) is 13.0. The Morgan fingerprint density at radius 1 is 1.22 bits per heavy atom. The summed E-state index contributed by atoms with van der Waals surface area (Å²) >= 11 is 0. The number of hydrogen-bond donors (Lipinski definition) is 3. The summed E-state index contributed by atoms with van der Waals surface area (Å²) in [5, 5.41) is 17.0. The van der Waals surface area contributed by atoms with E-state index in [1.54, 1.807) is 47.1 Å². The Bertz CT molecular complexity index is 1520. The van der Waals surface area contributed by atoms with E-state index in [2.05, 4.69) is 15.6 Å². The van der Waals surface area contributed by atoms with E-state index in [1.165, 1.54) is 4.90 Å². The number of ether oxygens (including phenoxy) is 4. The van der Waals surface area contributed by atoms with Gasteiger partial charge in [-0.15, -0.1) is 0 Å². The molecule has 3 N–H and O–H groups in total. The van der Waals surface area contributed by atoms with E-state index in [0.717, 1.165) is 5.39 Å². The van der Waals surface area contributed by atoms with Crippen molar-refractivity contribution in [1.29, 1.82) is 0 Å². The van der Waals surface area contributed by atoms with Crippen LogP contribution in [-0.4, -0.2) is 94.6 Å². The van der Waals surface area contributed by atoms with E-state index in [-0.39, 0.29) is 25.3 Å². The van der Waals surface area contributed by atoms with Gasteiger partial charge in [-0.2, -0.15) is 0 Å². The van der Waals surface area contributed by atoms with E-state index in [4.69, 9.17) is 18.9 Å². The van der Waals surface area contributed by atoms with Crippen molar-refractivity contribution in [1.82, 2.24) is 20.5 Å². The molecular formula is C33H42N4O9. The topological polar surface area (TPSA) is 166 Å². The fourth-order valence-electron chi connectivity index (χ4n) is 5.97. The molecule has 3 aliphatic rings. The smallest absolute Gasteiger partial charge is 0.408 e. The van der Waals surface area contributed by atoms with Crippen LogP contribution in [0.1, 0.15) is 53.4 Å². The average Bonchev–Trinajstić information content (AvgIpc) is 3.53. The zero-order chi connectivity index (χ0) is 33.2. The lowest BCUT2D eigenvalue weighted by molar-refractivity contribution is -0.146. The SMILES string of the molecule is COc1ccc2c(O[C@@H]3C[C@H]4C(=O)N[C@]5(C(=O)O)C[C@H]5/C=C\CCCO[C@H](C)[C@H](NC(=O)OC(C)(C)C)C(=O)N4C3)nccc2c1. The minimum absolute atomic E-state index is 0.0201. The molecule has 3 amide bonds. The van der Waals surface area contributed by atoms with Crippen LogP contribution in [-0.2, 0) is 23.9 Å². The lowest BCUT2D eigenvalue weighted by atomic mass is 10.1. The van der Waals surface area contributed by atoms with Crippen LogP contribution in [0.4, 0.5) is 4.79 Å². The zero-order valence-corrected chi connectivity index (χ0v) is 26.8. The molecule has 13 heteroatoms. The predicted molar refractivity (Wildman–Crippen MR) is 166 cm³/mol. The summed E-state index contributed by atoms with van der Waals surface area (Å²) in [5.74, 6) is -1.73. The van der Waals surface area contributed by atoms with Crippen LogP contribution < -0.4 is 20.1 Å². The van der Waals surface area contributed by atoms with Crippen molar-refractivity contribution in [2.24, 2.45) is 5.92 Å². The standard InChI is InChI=1S/C33H42N4O9/c1-19-26(35-31(42)46-32(2,3)4)29(39)37-18-23(45-28-24-11-10-22(43-5)15-20(24)12-13-34-28)16-25(37)27(38)36-33(30(40)41)17-21(33)9-7-6-8-14-44-19/h7,9-13,15,19,21,23,25-26H,6,8,14,16-18H2,1-5H3,(H,35,42)(H,36,38)(H,40,41)/b9-7-/t19-,21-,23-,25+,26+,33-/m1/s1. The third kappa shape index (κ3) is 7.19. The maximum Gasteiger partial charge on any atom is 0.408 e. The number of amides is 3. The minimum atomic E-state index is -1.46. The fourth-order valence-corrected chi connectivity index (χ4v) is 5.97. The highest BCUT2D eigenvalue weighted by Crippen LogP contribution is 2.45. The third-order valence-corrected chi connectivity index (χ3v) is 8.48. The van der Waals surface area contributed by atoms with Crippen molar-refractivity contribution in [2.45, 2.75) is 88.8 Å². The van der Waals surface area contributed by atoms with Gasteiger partial charge in [0.05, 0.1) is 19.8 Å². The molecule has 0 unspecified atom stereocenters. The van der Waals surface area contributed by atoms with Crippen molar-refractivity contribution in [3.05, 3.63) is 42.6 Å². The molecule has 6 atom stereocenters. The quantitative estimate of drug-likeness (QED) is 0.414. The molecule has 5 rings (SSSR count). The first-order valence-electron chi connectivity index (χ1n) is 15.5. The number of benzene rings is 1. The number of nitrogens with zero attached hydrogens (tertiary/aromatic N) is 2. The maximum absolute atomic E-state index is 14.3. The molecule has 248 valence electrons. The Hall–Kier alpha value is -4.39. The lowest BCUT2D eigenvalue weighted by Gasteiger charge is -2.32. The van der Waals surface area contributed by atoms with Crippen LogP contribution in [0, 0.1) is 5.92 Å². The summed E-state index contributed by atoms with van der Waals surface area (Å²) in [7, 11) is 1.58. The van der Waals surface area contributed by atoms with Crippen molar-refractivity contribution >= 4 is 34.6 Å². The van der Waals surface area contributed by atoms with Gasteiger partial charge in [-0.05, 0) is 76.6 Å². The number of nitrogens with one attached hydrogen (secondary N) is 2. The maximum atomic E-state index is 14.3. The predicted octanol–water partition coefficient (Wildman–Crippen LogP) is 3.20. The van der Waals surface area contributed by atoms with Crippen LogP contribution >= 0.6 is 0 Å². The van der Waals surface area contributed by atoms with Crippen molar-refractivity contribution in [3.63, 3.8) is 0 Å². The summed E-state index contributed by atoms with van der Waals surface area (Å²) in [5.41, 5.74) is -2.28. The van der Waals surface area contributed by atoms with Gasteiger partial charge in [0.25, 0.3) is 0 Å². The molecule has 1 saturated heterocycles. The molecule has 1 aliphatic carbocycles. The lowest BCUT2D eigenvalue weighted by Crippen LogP contribution is -2.59. The number of hydrogen-bond acceptors (Lipinski definition) is 9. The van der Waals surface area contributed by atoms with Gasteiger partial charge < -0.3 is 39.6 Å². The van der Waals surface area contributed by atoms with Crippen molar-refractivity contribution in [2.75, 3.05) is 20.3 Å². The van der Waals surface area contributed by atoms with Gasteiger partial charge in [-0.25, -0.2) is 14.6 Å². The van der Waals surface area contributed by atoms with Crippen LogP contribution in [0.3, 0.4) is 0 Å². The fraction of sp³-hybridized carbons (Fsp3) is 0.545. The van der Waals surface area contributed by atoms with Crippen LogP contribution in [0.5, 0.6) is 11.6 Å². The van der Waals surface area contributed by atoms with Crippen LogP contribution in [0.25, 0.3) is 10.8 Å². The number of methoxy groups -OCH3 is 1. The normalized spacial score (nSPS) is 29.3. The number of aromatic nitrogens is 1. The summed E-state index contributed by atoms with van der Waals surface area (Å²) in [6.07, 6.45) is 4.58. The molecule has 2 aliphatic heterocycles. The Morgan fingerprint density at radius 2 is 2.00 bits per heavy atom. The Morgan fingerprint density at radius 3 is 2.72 bits per heavy atom. The number of fused-ring (bicyclic) bond motifs is 3. The number of carbonyl (C=O) groups excluding carboxylic acids is 3. The van der Waals surface area contributed by atoms with Gasteiger partial charge >= 0.3 is 12.1 Å². The molecule has 0 bridgehead atoms. The first kappa shape index (κ1) is 33.0. The van der Waals surface area contributed by atoms with Crippen LogP contribution in [0.2, 0.25) is 0 Å². The molecule has 1 aromatic carbocycles. The molecule has 2 aromatic rings. The molecule has 1 aromatic heterocycles. The number of allylic oxidation sites excluding steroid dienone is 1. The van der Waals surface area contributed by atoms with Crippen LogP contribution in [0.15, 0.2) is 42.6 Å². The molecule has 1 saturated carbocycles. The summed E-state index contributed by atoms with van der Waals surface area (Å²) < 4.78 is 23.1. The number of alkyl carbamates (subject to hydrolysis) is 1. The zero-order valence-electron chi connectivity index (χ0n) is 26.8. The Balaban J connectivity index is 1.47. The molecular weight excluding hydrogens is 596 g/mol. The summed E-state index contributed by atoms with van der Waals surface area (Å²) in [6, 6.07) is 4.98. The van der Waals surface area contributed by atoms with Crippen molar-refractivity contribution in [3.8, 4) is 11.6 Å². The van der Waals surface area contributed by atoms with E-state index >= 15 is 0 Å². The number of carbonyl (C=O) groups is 4. The summed E-state index contributed by atoms with van der Waals surface area (Å²) in [6.45, 7) is 7.08. The molecule has 46 heavy (non-hydrogen) atoms. The molecule has 0 spiro atoms. The van der Waals surface area contributed by atoms with Crippen molar-refractivity contribution < 1.29 is 43.2 Å². The Labute approximate surface area is 267 Å². The van der Waals surface area contributed by atoms with Gasteiger partial charge in [0.1, 0.15) is 35.1 Å². The van der Waals surface area contributed by atoms with E-state index in [0.29, 0.717) is 36.5 Å². The second kappa shape index (κ2) is 13.1. The first-order valence-corrected chi connectivity index (χ1v) is 15.5. The third-order valence-electron chi connectivity index (χ3n) is 8.48. The number of pyridine rings is 1. The van der Waals surface area contributed by atoms with Gasteiger partial charge in [0.15, 0.2) is 0 Å². The number of carboxylic acids is 1. The van der Waals surface area contributed by atoms with Gasteiger partial charge in [-0.3, -0.25) is 9.59 Å². The first-order chi connectivity index (χ1) is 21.8.